The third-order valence-electron chi connectivity index (χ3n) is 4.56. The van der Waals surface area contributed by atoms with E-state index < -0.39 is 0 Å². The predicted octanol–water partition coefficient (Wildman–Crippen LogP) is 5.91. The van der Waals surface area contributed by atoms with Crippen LogP contribution in [0.25, 0.3) is 6.08 Å². The van der Waals surface area contributed by atoms with Gasteiger partial charge in [-0.15, -0.1) is 0 Å². The van der Waals surface area contributed by atoms with E-state index in [0.29, 0.717) is 34.1 Å². The van der Waals surface area contributed by atoms with Crippen LogP contribution in [0, 0.1) is 0 Å². The second-order valence-electron chi connectivity index (χ2n) is 6.58. The Morgan fingerprint density at radius 2 is 1.90 bits per heavy atom. The van der Waals surface area contributed by atoms with Gasteiger partial charge < -0.3 is 14.8 Å². The van der Waals surface area contributed by atoms with Gasteiger partial charge in [-0.3, -0.25) is 4.79 Å². The molecule has 0 aliphatic carbocycles. The van der Waals surface area contributed by atoms with Gasteiger partial charge in [0.05, 0.1) is 4.91 Å². The number of rotatable bonds is 8. The zero-order chi connectivity index (χ0) is 20.8. The molecule has 0 aromatic heterocycles. The number of ether oxygens (including phenoxy) is 2. The van der Waals surface area contributed by atoms with E-state index in [0.717, 1.165) is 22.2 Å². The Hall–Kier alpha value is -1.83. The predicted molar refractivity (Wildman–Crippen MR) is 127 cm³/mol. The molecule has 1 N–H and O–H groups in total. The van der Waals surface area contributed by atoms with Crippen LogP contribution in [0.4, 0.5) is 0 Å². The van der Waals surface area contributed by atoms with E-state index in [2.05, 4.69) is 41.2 Å². The first kappa shape index (κ1) is 21.9. The Kier molecular flexibility index (Phi) is 7.75. The van der Waals surface area contributed by atoms with Gasteiger partial charge in [0.25, 0.3) is 5.91 Å². The molecular formula is C22H22BrNO3S2. The van der Waals surface area contributed by atoms with Gasteiger partial charge >= 0.3 is 0 Å². The maximum Gasteiger partial charge on any atom is 0.263 e. The lowest BCUT2D eigenvalue weighted by atomic mass is 9.98. The van der Waals surface area contributed by atoms with Crippen molar-refractivity contribution in [3.63, 3.8) is 0 Å². The first-order valence-corrected chi connectivity index (χ1v) is 11.4. The second kappa shape index (κ2) is 10.3. The Morgan fingerprint density at radius 1 is 1.17 bits per heavy atom. The molecule has 4 nitrogen and oxygen atoms in total. The molecule has 7 heteroatoms. The average Bonchev–Trinajstić information content (AvgIpc) is 3.03. The number of halogens is 1. The summed E-state index contributed by atoms with van der Waals surface area (Å²) in [4.78, 5) is 12.5. The number of hydrogen-bond donors (Lipinski definition) is 1. The maximum absolute atomic E-state index is 12.0. The van der Waals surface area contributed by atoms with E-state index in [-0.39, 0.29) is 5.91 Å². The van der Waals surface area contributed by atoms with Crippen molar-refractivity contribution in [2.45, 2.75) is 26.2 Å². The van der Waals surface area contributed by atoms with Gasteiger partial charge in [0.15, 0.2) is 0 Å². The van der Waals surface area contributed by atoms with Crippen molar-refractivity contribution in [2.75, 3.05) is 13.2 Å². The largest absolute Gasteiger partial charge is 0.490 e. The summed E-state index contributed by atoms with van der Waals surface area (Å²) >= 11 is 9.77. The Morgan fingerprint density at radius 3 is 2.59 bits per heavy atom. The zero-order valence-electron chi connectivity index (χ0n) is 16.2. The van der Waals surface area contributed by atoms with Gasteiger partial charge in [0.1, 0.15) is 29.0 Å². The summed E-state index contributed by atoms with van der Waals surface area (Å²) in [6, 6.07) is 13.8. The Balaban J connectivity index is 1.66. The lowest BCUT2D eigenvalue weighted by Crippen LogP contribution is -2.17. The van der Waals surface area contributed by atoms with Crippen molar-refractivity contribution in [1.82, 2.24) is 5.32 Å². The van der Waals surface area contributed by atoms with Crippen LogP contribution >= 0.6 is 39.9 Å². The number of para-hydroxylation sites is 1. The number of nitrogens with one attached hydrogen (secondary N) is 1. The molecule has 1 saturated heterocycles. The Labute approximate surface area is 189 Å². The van der Waals surface area contributed by atoms with Crippen LogP contribution in [0.15, 0.2) is 51.8 Å². The fourth-order valence-corrected chi connectivity index (χ4v) is 4.28. The smallest absolute Gasteiger partial charge is 0.263 e. The van der Waals surface area contributed by atoms with Crippen molar-refractivity contribution in [2.24, 2.45) is 0 Å². The SMILES string of the molecule is CC[C@H](C)c1ccccc1OCCOc1ccc(Br)cc1/C=C1/SC(=S)NC1=O. The molecule has 1 amide bonds. The molecule has 152 valence electrons. The van der Waals surface area contributed by atoms with Crippen molar-refractivity contribution >= 4 is 56.2 Å². The summed E-state index contributed by atoms with van der Waals surface area (Å²) < 4.78 is 13.3. The van der Waals surface area contributed by atoms with Gasteiger partial charge in [-0.05, 0) is 48.2 Å². The Bertz CT molecular complexity index is 945. The molecule has 1 fully saturated rings. The fourth-order valence-electron chi connectivity index (χ4n) is 2.87. The van der Waals surface area contributed by atoms with Crippen LogP contribution in [-0.2, 0) is 4.79 Å². The summed E-state index contributed by atoms with van der Waals surface area (Å²) in [5, 5.41) is 2.63. The van der Waals surface area contributed by atoms with E-state index >= 15 is 0 Å². The summed E-state index contributed by atoms with van der Waals surface area (Å²) in [6.45, 7) is 5.19. The molecule has 0 saturated carbocycles. The van der Waals surface area contributed by atoms with Gasteiger partial charge in [-0.25, -0.2) is 0 Å². The van der Waals surface area contributed by atoms with Gasteiger partial charge in [0, 0.05) is 10.0 Å². The topological polar surface area (TPSA) is 47.6 Å². The number of thiocarbonyl (C=S) groups is 1. The third kappa shape index (κ3) is 5.84. The number of hydrogen-bond acceptors (Lipinski definition) is 5. The molecule has 0 unspecified atom stereocenters. The highest BCUT2D eigenvalue weighted by molar-refractivity contribution is 9.10. The summed E-state index contributed by atoms with van der Waals surface area (Å²) in [5.41, 5.74) is 2.02. The number of carbonyl (C=O) groups excluding carboxylic acids is 1. The van der Waals surface area contributed by atoms with Crippen molar-refractivity contribution in [1.29, 1.82) is 0 Å². The highest BCUT2D eigenvalue weighted by Crippen LogP contribution is 2.31. The molecule has 2 aromatic carbocycles. The minimum atomic E-state index is -0.184. The zero-order valence-corrected chi connectivity index (χ0v) is 19.5. The van der Waals surface area contributed by atoms with Crippen LogP contribution in [0.1, 0.15) is 37.3 Å². The molecule has 0 spiro atoms. The molecule has 1 heterocycles. The van der Waals surface area contributed by atoms with Crippen LogP contribution in [0.2, 0.25) is 0 Å². The lowest BCUT2D eigenvalue weighted by Gasteiger charge is -2.16. The minimum absolute atomic E-state index is 0.184. The van der Waals surface area contributed by atoms with E-state index in [9.17, 15) is 4.79 Å². The van der Waals surface area contributed by atoms with E-state index in [4.69, 9.17) is 21.7 Å². The van der Waals surface area contributed by atoms with Gasteiger partial charge in [-0.2, -0.15) is 0 Å². The fraction of sp³-hybridized carbons (Fsp3) is 0.273. The number of amides is 1. The third-order valence-corrected chi connectivity index (χ3v) is 6.22. The van der Waals surface area contributed by atoms with Crippen LogP contribution in [-0.4, -0.2) is 23.4 Å². The van der Waals surface area contributed by atoms with Crippen LogP contribution < -0.4 is 14.8 Å². The first-order chi connectivity index (χ1) is 14.0. The molecule has 1 aliphatic rings. The summed E-state index contributed by atoms with van der Waals surface area (Å²) in [5.74, 6) is 1.84. The average molecular weight is 492 g/mol. The summed E-state index contributed by atoms with van der Waals surface area (Å²) in [6.07, 6.45) is 2.85. The highest BCUT2D eigenvalue weighted by Gasteiger charge is 2.22. The molecule has 3 rings (SSSR count). The van der Waals surface area contributed by atoms with Gasteiger partial charge in [0.2, 0.25) is 0 Å². The molecule has 0 radical (unpaired) electrons. The molecule has 1 aliphatic heterocycles. The summed E-state index contributed by atoms with van der Waals surface area (Å²) in [7, 11) is 0. The van der Waals surface area contributed by atoms with Gasteiger partial charge in [-0.1, -0.05) is 72.0 Å². The number of thioether (sulfide) groups is 1. The normalized spacial score (nSPS) is 16.0. The highest BCUT2D eigenvalue weighted by atomic mass is 79.9. The lowest BCUT2D eigenvalue weighted by molar-refractivity contribution is -0.115. The first-order valence-electron chi connectivity index (χ1n) is 9.37. The molecule has 0 bridgehead atoms. The quantitative estimate of drug-likeness (QED) is 0.282. The van der Waals surface area contributed by atoms with Crippen LogP contribution in [0.5, 0.6) is 11.5 Å². The van der Waals surface area contributed by atoms with Crippen molar-refractivity contribution in [3.8, 4) is 11.5 Å². The standard InChI is InChI=1S/C22H22BrNO3S2/c1-3-14(2)17-6-4-5-7-19(17)27-11-10-26-18-9-8-16(23)12-15(18)13-20-21(25)24-22(28)29-20/h4-9,12-14H,3,10-11H2,1-2H3,(H,24,25,28)/b20-13+/t14-/m0/s1. The van der Waals surface area contributed by atoms with Crippen LogP contribution in [0.3, 0.4) is 0 Å². The molecule has 1 atom stereocenters. The maximum atomic E-state index is 12.0. The van der Waals surface area contributed by atoms with E-state index in [1.807, 2.05) is 36.4 Å². The van der Waals surface area contributed by atoms with Crippen molar-refractivity contribution < 1.29 is 14.3 Å². The van der Waals surface area contributed by atoms with Crippen molar-refractivity contribution in [3.05, 3.63) is 63.0 Å². The minimum Gasteiger partial charge on any atom is -0.490 e. The molecular weight excluding hydrogens is 470 g/mol. The number of benzene rings is 2. The second-order valence-corrected chi connectivity index (χ2v) is 9.21. The monoisotopic (exact) mass is 491 g/mol. The molecule has 2 aromatic rings. The van der Waals surface area contributed by atoms with E-state index in [1.54, 1.807) is 6.08 Å². The molecule has 29 heavy (non-hydrogen) atoms. The number of carbonyl (C=O) groups is 1. The van der Waals surface area contributed by atoms with E-state index in [1.165, 1.54) is 17.3 Å².